The second-order valence-corrected chi connectivity index (χ2v) is 5.24. The molecular formula is C11H17NO. The number of fused-ring (bicyclic) bond motifs is 2. The molecule has 2 nitrogen and oxygen atoms in total. The van der Waals surface area contributed by atoms with Gasteiger partial charge in [0.2, 0.25) is 0 Å². The van der Waals surface area contributed by atoms with E-state index in [1.54, 1.807) is 0 Å². The van der Waals surface area contributed by atoms with Gasteiger partial charge in [0.05, 0.1) is 0 Å². The number of Topliss-reactive ketones (excluding diaryl/α,β-unsaturated/α-hetero) is 1. The number of rotatable bonds is 1. The monoisotopic (exact) mass is 179 g/mol. The molecule has 2 bridgehead atoms. The Labute approximate surface area is 79.3 Å². The topological polar surface area (TPSA) is 20.3 Å². The van der Waals surface area contributed by atoms with E-state index in [4.69, 9.17) is 0 Å². The van der Waals surface area contributed by atoms with Crippen LogP contribution in [0.3, 0.4) is 0 Å². The largest absolute Gasteiger partial charge is 0.300 e. The third-order valence-electron chi connectivity index (χ3n) is 4.14. The van der Waals surface area contributed by atoms with Crippen molar-refractivity contribution in [2.45, 2.75) is 63.1 Å². The van der Waals surface area contributed by atoms with Gasteiger partial charge in [0, 0.05) is 30.5 Å². The van der Waals surface area contributed by atoms with Crippen molar-refractivity contribution in [3.05, 3.63) is 0 Å². The first-order valence-corrected chi connectivity index (χ1v) is 5.49. The van der Waals surface area contributed by atoms with Crippen LogP contribution in [0, 0.1) is 0 Å². The Hall–Kier alpha value is -0.370. The van der Waals surface area contributed by atoms with Crippen molar-refractivity contribution < 1.29 is 4.79 Å². The Bertz CT molecular complexity index is 241. The van der Waals surface area contributed by atoms with Crippen LogP contribution in [0.1, 0.15) is 45.4 Å². The molecule has 0 aromatic rings. The third kappa shape index (κ3) is 1.08. The Morgan fingerprint density at radius 1 is 1.23 bits per heavy atom. The van der Waals surface area contributed by atoms with Gasteiger partial charge in [0.1, 0.15) is 5.78 Å². The molecule has 13 heavy (non-hydrogen) atoms. The Kier molecular flexibility index (Phi) is 1.44. The SMILES string of the molecule is CC1(N2C3CCC2CC(=O)C3)CC1. The molecule has 2 unspecified atom stereocenters. The number of piperidine rings is 1. The second kappa shape index (κ2) is 2.35. The summed E-state index contributed by atoms with van der Waals surface area (Å²) >= 11 is 0. The van der Waals surface area contributed by atoms with E-state index in [1.165, 1.54) is 25.7 Å². The summed E-state index contributed by atoms with van der Waals surface area (Å²) in [7, 11) is 0. The van der Waals surface area contributed by atoms with E-state index in [0.29, 0.717) is 23.4 Å². The Morgan fingerprint density at radius 2 is 1.77 bits per heavy atom. The zero-order valence-electron chi connectivity index (χ0n) is 8.25. The van der Waals surface area contributed by atoms with Crippen LogP contribution in [0.5, 0.6) is 0 Å². The smallest absolute Gasteiger partial charge is 0.136 e. The molecule has 0 aromatic carbocycles. The average molecular weight is 179 g/mol. The molecule has 1 aliphatic carbocycles. The van der Waals surface area contributed by atoms with Gasteiger partial charge in [0.15, 0.2) is 0 Å². The summed E-state index contributed by atoms with van der Waals surface area (Å²) < 4.78 is 0. The van der Waals surface area contributed by atoms with Gasteiger partial charge in [0.25, 0.3) is 0 Å². The molecule has 2 heteroatoms. The Balaban J connectivity index is 1.86. The van der Waals surface area contributed by atoms with Gasteiger partial charge < -0.3 is 0 Å². The molecule has 0 radical (unpaired) electrons. The molecule has 0 N–H and O–H groups in total. The molecular weight excluding hydrogens is 162 g/mol. The molecule has 2 saturated heterocycles. The fourth-order valence-corrected chi connectivity index (χ4v) is 3.29. The molecule has 3 fully saturated rings. The molecule has 0 spiro atoms. The fraction of sp³-hybridized carbons (Fsp3) is 0.909. The molecule has 1 saturated carbocycles. The van der Waals surface area contributed by atoms with E-state index in [1.807, 2.05) is 0 Å². The molecule has 3 rings (SSSR count). The lowest BCUT2D eigenvalue weighted by atomic mass is 9.99. The summed E-state index contributed by atoms with van der Waals surface area (Å²) in [5.41, 5.74) is 0.493. The maximum Gasteiger partial charge on any atom is 0.136 e. The summed E-state index contributed by atoms with van der Waals surface area (Å²) in [6.45, 7) is 2.37. The first-order chi connectivity index (χ1) is 6.19. The number of hydrogen-bond donors (Lipinski definition) is 0. The lowest BCUT2D eigenvalue weighted by molar-refractivity contribution is -0.124. The van der Waals surface area contributed by atoms with Crippen LogP contribution in [0.25, 0.3) is 0 Å². The molecule has 2 heterocycles. The zero-order chi connectivity index (χ0) is 9.05. The maximum absolute atomic E-state index is 11.4. The van der Waals surface area contributed by atoms with Crippen LogP contribution >= 0.6 is 0 Å². The van der Waals surface area contributed by atoms with Crippen LogP contribution in [-0.4, -0.2) is 28.3 Å². The fourth-order valence-electron chi connectivity index (χ4n) is 3.29. The number of hydrogen-bond acceptors (Lipinski definition) is 2. The standard InChI is InChI=1S/C11H17NO/c1-11(4-5-11)12-8-2-3-9(12)7-10(13)6-8/h8-9H,2-7H2,1H3. The number of carbonyl (C=O) groups is 1. The number of nitrogens with zero attached hydrogens (tertiary/aromatic N) is 1. The van der Waals surface area contributed by atoms with Crippen molar-refractivity contribution >= 4 is 5.78 Å². The minimum atomic E-state index is 0.493. The van der Waals surface area contributed by atoms with Crippen LogP contribution < -0.4 is 0 Å². The van der Waals surface area contributed by atoms with E-state index in [9.17, 15) is 4.79 Å². The van der Waals surface area contributed by atoms with Gasteiger partial charge in [-0.15, -0.1) is 0 Å². The highest BCUT2D eigenvalue weighted by Crippen LogP contribution is 2.50. The van der Waals surface area contributed by atoms with Crippen LogP contribution in [0.2, 0.25) is 0 Å². The molecule has 3 aliphatic rings. The van der Waals surface area contributed by atoms with E-state index < -0.39 is 0 Å². The van der Waals surface area contributed by atoms with Crippen molar-refractivity contribution in [3.63, 3.8) is 0 Å². The van der Waals surface area contributed by atoms with E-state index in [0.717, 1.165) is 12.8 Å². The van der Waals surface area contributed by atoms with Crippen molar-refractivity contribution in [3.8, 4) is 0 Å². The number of carbonyl (C=O) groups excluding carboxylic acids is 1. The third-order valence-corrected chi connectivity index (χ3v) is 4.14. The highest BCUT2D eigenvalue weighted by Gasteiger charge is 2.53. The van der Waals surface area contributed by atoms with Gasteiger partial charge in [-0.3, -0.25) is 9.69 Å². The lowest BCUT2D eigenvalue weighted by Gasteiger charge is -2.39. The summed E-state index contributed by atoms with van der Waals surface area (Å²) in [4.78, 5) is 14.1. The highest BCUT2D eigenvalue weighted by molar-refractivity contribution is 5.81. The molecule has 2 atom stereocenters. The first-order valence-electron chi connectivity index (χ1n) is 5.49. The van der Waals surface area contributed by atoms with Gasteiger partial charge in [-0.25, -0.2) is 0 Å². The van der Waals surface area contributed by atoms with E-state index >= 15 is 0 Å². The quantitative estimate of drug-likeness (QED) is 0.611. The Morgan fingerprint density at radius 3 is 2.23 bits per heavy atom. The van der Waals surface area contributed by atoms with Crippen LogP contribution in [0.15, 0.2) is 0 Å². The van der Waals surface area contributed by atoms with Gasteiger partial charge in [-0.05, 0) is 32.6 Å². The maximum atomic E-state index is 11.4. The first kappa shape index (κ1) is 7.98. The summed E-state index contributed by atoms with van der Waals surface area (Å²) in [5, 5.41) is 0. The van der Waals surface area contributed by atoms with Crippen molar-refractivity contribution in [2.24, 2.45) is 0 Å². The second-order valence-electron chi connectivity index (χ2n) is 5.24. The van der Waals surface area contributed by atoms with Crippen molar-refractivity contribution in [1.29, 1.82) is 0 Å². The minimum Gasteiger partial charge on any atom is -0.300 e. The highest BCUT2D eigenvalue weighted by atomic mass is 16.1. The van der Waals surface area contributed by atoms with Gasteiger partial charge >= 0.3 is 0 Å². The van der Waals surface area contributed by atoms with Gasteiger partial charge in [-0.2, -0.15) is 0 Å². The molecule has 2 aliphatic heterocycles. The van der Waals surface area contributed by atoms with Gasteiger partial charge in [-0.1, -0.05) is 0 Å². The minimum absolute atomic E-state index is 0.493. The zero-order valence-corrected chi connectivity index (χ0v) is 8.25. The summed E-state index contributed by atoms with van der Waals surface area (Å²) in [6.07, 6.45) is 6.93. The van der Waals surface area contributed by atoms with Crippen molar-refractivity contribution in [1.82, 2.24) is 4.90 Å². The predicted molar refractivity (Wildman–Crippen MR) is 50.5 cm³/mol. The normalized spacial score (nSPS) is 42.4. The van der Waals surface area contributed by atoms with Crippen molar-refractivity contribution in [2.75, 3.05) is 0 Å². The average Bonchev–Trinajstić information content (AvgIpc) is 2.73. The number of ketones is 1. The summed E-state index contributed by atoms with van der Waals surface area (Å²) in [6, 6.07) is 1.22. The molecule has 0 amide bonds. The summed E-state index contributed by atoms with van der Waals surface area (Å²) in [5.74, 6) is 0.507. The van der Waals surface area contributed by atoms with Crippen LogP contribution in [-0.2, 0) is 4.79 Å². The lowest BCUT2D eigenvalue weighted by Crippen LogP contribution is -2.49. The van der Waals surface area contributed by atoms with Crippen LogP contribution in [0.4, 0.5) is 0 Å². The predicted octanol–water partition coefficient (Wildman–Crippen LogP) is 1.73. The molecule has 72 valence electrons. The van der Waals surface area contributed by atoms with E-state index in [2.05, 4.69) is 11.8 Å². The molecule has 0 aromatic heterocycles. The van der Waals surface area contributed by atoms with E-state index in [-0.39, 0.29) is 0 Å².